The van der Waals surface area contributed by atoms with E-state index in [0.29, 0.717) is 17.2 Å². The molecule has 16 heteroatoms. The van der Waals surface area contributed by atoms with E-state index in [-0.39, 0.29) is 48.5 Å². The fourth-order valence-corrected chi connectivity index (χ4v) is 5.23. The third kappa shape index (κ3) is 8.99. The second kappa shape index (κ2) is 13.3. The number of morpholine rings is 1. The van der Waals surface area contributed by atoms with Crippen LogP contribution in [0.5, 0.6) is 5.75 Å². The first-order valence-corrected chi connectivity index (χ1v) is 13.7. The van der Waals surface area contributed by atoms with E-state index < -0.39 is 55.4 Å². The number of benzene rings is 1. The van der Waals surface area contributed by atoms with Gasteiger partial charge < -0.3 is 25.0 Å². The molecule has 0 radical (unpaired) electrons. The first kappa shape index (κ1) is 30.9. The average Bonchev–Trinajstić information content (AvgIpc) is 3.59. The molecule has 1 aromatic carbocycles. The Bertz CT molecular complexity index is 1260. The lowest BCUT2D eigenvalue weighted by Crippen LogP contribution is -2.54. The van der Waals surface area contributed by atoms with E-state index in [1.54, 1.807) is 0 Å². The van der Waals surface area contributed by atoms with Crippen molar-refractivity contribution in [2.75, 3.05) is 49.6 Å². The smallest absolute Gasteiger partial charge is 0.401 e. The maximum atomic E-state index is 13.5. The molecule has 9 nitrogen and oxygen atoms in total. The number of hydrogen-bond acceptors (Lipinski definition) is 7. The number of rotatable bonds is 12. The van der Waals surface area contributed by atoms with E-state index >= 15 is 0 Å². The van der Waals surface area contributed by atoms with Crippen molar-refractivity contribution in [2.45, 2.75) is 31.7 Å². The molecule has 0 unspecified atom stereocenters. The Morgan fingerprint density at radius 1 is 1.22 bits per heavy atom. The number of ether oxygens (including phenoxy) is 2. The Hall–Kier alpha value is -3.01. The first-order valence-electron chi connectivity index (χ1n) is 12.5. The van der Waals surface area contributed by atoms with Crippen molar-refractivity contribution in [1.82, 2.24) is 10.2 Å². The van der Waals surface area contributed by atoms with Gasteiger partial charge in [0.2, 0.25) is 5.91 Å². The highest BCUT2D eigenvalue weighted by Gasteiger charge is 2.39. The number of thiophene rings is 1. The van der Waals surface area contributed by atoms with Gasteiger partial charge in [-0.05, 0) is 43.0 Å². The third-order valence-electron chi connectivity index (χ3n) is 6.29. The Morgan fingerprint density at radius 3 is 2.59 bits per heavy atom. The molecule has 4 rings (SSSR count). The topological polar surface area (TPSA) is 100 Å². The van der Waals surface area contributed by atoms with Crippen LogP contribution in [0.4, 0.5) is 33.3 Å². The molecule has 224 valence electrons. The Balaban J connectivity index is 1.57. The summed E-state index contributed by atoms with van der Waals surface area (Å²) in [5.74, 6) is -2.46. The summed E-state index contributed by atoms with van der Waals surface area (Å²) in [5, 5.41) is 4.95. The second-order valence-corrected chi connectivity index (χ2v) is 11.2. The minimum Gasteiger partial charge on any atom is -0.433 e. The molecule has 1 aliphatic carbocycles. The minimum atomic E-state index is -4.64. The minimum absolute atomic E-state index is 0.0162. The third-order valence-corrected chi connectivity index (χ3v) is 7.52. The predicted octanol–water partition coefficient (Wildman–Crippen LogP) is 4.38. The molecule has 41 heavy (non-hydrogen) atoms. The van der Waals surface area contributed by atoms with E-state index in [0.717, 1.165) is 22.3 Å². The number of carbonyl (C=O) groups is 3. The average molecular weight is 625 g/mol. The van der Waals surface area contributed by atoms with Crippen molar-refractivity contribution in [2.24, 2.45) is 5.92 Å². The van der Waals surface area contributed by atoms with Crippen molar-refractivity contribution in [3.8, 4) is 5.75 Å². The van der Waals surface area contributed by atoms with Crippen molar-refractivity contribution in [3.05, 3.63) is 39.5 Å². The monoisotopic (exact) mass is 624 g/mol. The molecule has 1 aromatic heterocycles. The molecule has 1 saturated heterocycles. The zero-order valence-electron chi connectivity index (χ0n) is 21.4. The van der Waals surface area contributed by atoms with Gasteiger partial charge in [0.05, 0.1) is 28.1 Å². The Morgan fingerprint density at radius 2 is 1.98 bits per heavy atom. The molecule has 0 spiro atoms. The van der Waals surface area contributed by atoms with E-state index in [4.69, 9.17) is 16.3 Å². The highest BCUT2D eigenvalue weighted by molar-refractivity contribution is 7.18. The first-order chi connectivity index (χ1) is 19.4. The van der Waals surface area contributed by atoms with Crippen LogP contribution in [-0.4, -0.2) is 80.8 Å². The van der Waals surface area contributed by atoms with Gasteiger partial charge in [-0.3, -0.25) is 19.3 Å². The highest BCUT2D eigenvalue weighted by atomic mass is 35.5. The molecule has 2 heterocycles. The summed E-state index contributed by atoms with van der Waals surface area (Å²) in [4.78, 5) is 40.6. The summed E-state index contributed by atoms with van der Waals surface area (Å²) in [6, 6.07) is 5.12. The van der Waals surface area contributed by atoms with Crippen LogP contribution < -0.4 is 20.3 Å². The summed E-state index contributed by atoms with van der Waals surface area (Å²) in [7, 11) is 0. The van der Waals surface area contributed by atoms with Gasteiger partial charge in [0.1, 0.15) is 12.6 Å². The molecule has 2 aliphatic rings. The van der Waals surface area contributed by atoms with E-state index in [1.165, 1.54) is 29.2 Å². The second-order valence-electron chi connectivity index (χ2n) is 9.47. The van der Waals surface area contributed by atoms with Gasteiger partial charge in [0.15, 0.2) is 5.75 Å². The van der Waals surface area contributed by atoms with Crippen LogP contribution in [0.1, 0.15) is 22.5 Å². The van der Waals surface area contributed by atoms with Gasteiger partial charge >= 0.3 is 12.8 Å². The number of halogens is 6. The van der Waals surface area contributed by atoms with Gasteiger partial charge in [-0.2, -0.15) is 22.0 Å². The molecular formula is C25H26ClF5N4O5S. The number of alkyl halides is 5. The van der Waals surface area contributed by atoms with Gasteiger partial charge in [0, 0.05) is 31.4 Å². The lowest BCUT2D eigenvalue weighted by atomic mass is 10.1. The van der Waals surface area contributed by atoms with Gasteiger partial charge in [-0.1, -0.05) is 11.6 Å². The maximum Gasteiger partial charge on any atom is 0.401 e. The number of carbonyl (C=O) groups excluding carboxylic acids is 3. The molecule has 0 bridgehead atoms. The van der Waals surface area contributed by atoms with Crippen molar-refractivity contribution >= 4 is 52.0 Å². The van der Waals surface area contributed by atoms with Crippen LogP contribution in [0, 0.1) is 5.92 Å². The highest BCUT2D eigenvalue weighted by Crippen LogP contribution is 2.35. The maximum absolute atomic E-state index is 13.5. The summed E-state index contributed by atoms with van der Waals surface area (Å²) in [5.41, 5.74) is -0.0442. The predicted molar refractivity (Wildman–Crippen MR) is 141 cm³/mol. The number of nitrogens with one attached hydrogen (secondary N) is 2. The fraction of sp³-hybridized carbons (Fsp3) is 0.480. The summed E-state index contributed by atoms with van der Waals surface area (Å²) < 4.78 is 76.9. The Kier molecular flexibility index (Phi) is 10.0. The van der Waals surface area contributed by atoms with Gasteiger partial charge in [0.25, 0.3) is 11.8 Å². The standard InChI is InChI=1S/C25H26ClF5N4O5S/c26-20-6-5-19(41-20)23(38)32-10-17(34(11-14-1-2-14)13-25(29,30)31)22(37)33-15-3-4-16(18(9-15)40-24(27)28)35-7-8-39-12-21(35)36/h3-6,9,14,17,24H,1-2,7-8,10-13H2,(H,32,38)(H,33,37)/t17-/m1/s1. The van der Waals surface area contributed by atoms with Crippen molar-refractivity contribution in [1.29, 1.82) is 0 Å². The quantitative estimate of drug-likeness (QED) is 0.340. The SMILES string of the molecule is O=C(NC[C@H](C(=O)Nc1ccc(N2CCOCC2=O)c(OC(F)F)c1)N(CC1CC1)CC(F)(F)F)c1ccc(Cl)s1. The number of amides is 3. The molecular weight excluding hydrogens is 599 g/mol. The lowest BCUT2D eigenvalue weighted by molar-refractivity contribution is -0.154. The van der Waals surface area contributed by atoms with Gasteiger partial charge in [-0.25, -0.2) is 0 Å². The number of anilines is 2. The zero-order valence-corrected chi connectivity index (χ0v) is 23.0. The van der Waals surface area contributed by atoms with E-state index in [2.05, 4.69) is 15.4 Å². The molecule has 3 amide bonds. The fourth-order valence-electron chi connectivity index (χ4n) is 4.27. The molecule has 1 saturated carbocycles. The molecule has 2 aromatic rings. The van der Waals surface area contributed by atoms with Crippen LogP contribution in [0.25, 0.3) is 0 Å². The largest absolute Gasteiger partial charge is 0.433 e. The molecule has 2 fully saturated rings. The lowest BCUT2D eigenvalue weighted by Gasteiger charge is -2.32. The number of hydrogen-bond donors (Lipinski definition) is 2. The molecule has 1 atom stereocenters. The van der Waals surface area contributed by atoms with E-state index in [9.17, 15) is 36.3 Å². The molecule has 2 N–H and O–H groups in total. The number of nitrogens with zero attached hydrogens (tertiary/aromatic N) is 2. The zero-order chi connectivity index (χ0) is 29.7. The van der Waals surface area contributed by atoms with Crippen molar-refractivity contribution < 1.29 is 45.8 Å². The van der Waals surface area contributed by atoms with E-state index in [1.807, 2.05) is 0 Å². The summed E-state index contributed by atoms with van der Waals surface area (Å²) in [6.45, 7) is -5.17. The van der Waals surface area contributed by atoms with Crippen molar-refractivity contribution in [3.63, 3.8) is 0 Å². The van der Waals surface area contributed by atoms with Crippen LogP contribution in [-0.2, 0) is 14.3 Å². The normalized spacial score (nSPS) is 16.7. The van der Waals surface area contributed by atoms with Crippen LogP contribution in [0.15, 0.2) is 30.3 Å². The van der Waals surface area contributed by atoms with Crippen LogP contribution in [0.2, 0.25) is 4.34 Å². The van der Waals surface area contributed by atoms with Crippen LogP contribution >= 0.6 is 22.9 Å². The summed E-state index contributed by atoms with van der Waals surface area (Å²) >= 11 is 6.83. The van der Waals surface area contributed by atoms with Crippen LogP contribution in [0.3, 0.4) is 0 Å². The van der Waals surface area contributed by atoms with Gasteiger partial charge in [-0.15, -0.1) is 11.3 Å². The molecule has 1 aliphatic heterocycles. The summed E-state index contributed by atoms with van der Waals surface area (Å²) in [6.07, 6.45) is -3.22. The Labute approximate surface area is 240 Å².